The number of fused-ring (bicyclic) bond motifs is 14. The van der Waals surface area contributed by atoms with Crippen molar-refractivity contribution in [2.75, 3.05) is 0 Å². The Hall–Kier alpha value is -8.27. The summed E-state index contributed by atoms with van der Waals surface area (Å²) in [6, 6.07) is 76.2. The van der Waals surface area contributed by atoms with Gasteiger partial charge in [-0.3, -0.25) is 0 Å². The highest BCUT2D eigenvalue weighted by Gasteiger charge is 2.17. The molecule has 0 atom stereocenters. The molecule has 0 amide bonds. The van der Waals surface area contributed by atoms with Gasteiger partial charge in [0.25, 0.3) is 0 Å². The summed E-state index contributed by atoms with van der Waals surface area (Å²) < 4.78 is 0. The quantitative estimate of drug-likeness (QED) is 0.167. The van der Waals surface area contributed by atoms with Crippen molar-refractivity contribution in [3.8, 4) is 44.9 Å². The molecule has 13 aromatic rings. The fraction of sp³-hybridized carbons (Fsp3) is 0. The maximum atomic E-state index is 5.54. The van der Waals surface area contributed by atoms with Gasteiger partial charge in [-0.1, -0.05) is 182 Å². The molecule has 13 rings (SSSR count). The van der Waals surface area contributed by atoms with Crippen LogP contribution in [-0.2, 0) is 0 Å². The van der Waals surface area contributed by atoms with Gasteiger partial charge in [0.1, 0.15) is 0 Å². The van der Waals surface area contributed by atoms with Crippen LogP contribution in [0.3, 0.4) is 0 Å². The van der Waals surface area contributed by atoms with Crippen LogP contribution < -0.4 is 0 Å². The van der Waals surface area contributed by atoms with E-state index in [1.807, 2.05) is 6.07 Å². The van der Waals surface area contributed by atoms with Crippen molar-refractivity contribution < 1.29 is 0 Å². The topological polar surface area (TPSA) is 38.7 Å². The second-order valence-corrected chi connectivity index (χ2v) is 16.3. The Kier molecular flexibility index (Phi) is 7.60. The Morgan fingerprint density at radius 2 is 0.694 bits per heavy atom. The molecule has 0 radical (unpaired) electrons. The highest BCUT2D eigenvalue weighted by Crippen LogP contribution is 2.42. The van der Waals surface area contributed by atoms with Crippen LogP contribution >= 0.6 is 0 Å². The first-order valence-electron chi connectivity index (χ1n) is 21.2. The third-order valence-electron chi connectivity index (χ3n) is 12.8. The monoisotopic (exact) mass is 785 g/mol. The Morgan fingerprint density at radius 3 is 1.39 bits per heavy atom. The summed E-state index contributed by atoms with van der Waals surface area (Å²) in [4.78, 5) is 15.9. The maximum absolute atomic E-state index is 5.54. The van der Waals surface area contributed by atoms with Crippen molar-refractivity contribution in [1.29, 1.82) is 0 Å². The van der Waals surface area contributed by atoms with Gasteiger partial charge in [-0.05, 0) is 84.5 Å². The number of aromatic nitrogens is 3. The standard InChI is InChI=1S/C59H35N3/c1-2-11-36(12-3-1)53-31-27-37-21-22-38-28-32-54(61-58(38)57(37)60-53)43-26-30-46-42(35-43)24-23-41-33-40(25-29-45(41)46)39-13-10-14-44(34-39)56-52-20-9-7-18-50(52)55-49-17-6-4-15-47(49)48-16-5-8-19-51(48)59(55)62-56/h1-35H. The molecule has 3 heterocycles. The van der Waals surface area contributed by atoms with Crippen LogP contribution in [0.25, 0.3) is 131 Å². The van der Waals surface area contributed by atoms with Gasteiger partial charge >= 0.3 is 0 Å². The summed E-state index contributed by atoms with van der Waals surface area (Å²) in [5.74, 6) is 0. The summed E-state index contributed by atoms with van der Waals surface area (Å²) in [7, 11) is 0. The van der Waals surface area contributed by atoms with Crippen molar-refractivity contribution >= 4 is 86.6 Å². The third-order valence-corrected chi connectivity index (χ3v) is 12.8. The summed E-state index contributed by atoms with van der Waals surface area (Å²) in [6.07, 6.45) is 0. The molecule has 0 unspecified atom stereocenters. The third kappa shape index (κ3) is 5.42. The van der Waals surface area contributed by atoms with Crippen LogP contribution in [-0.4, -0.2) is 15.0 Å². The van der Waals surface area contributed by atoms with E-state index in [0.717, 1.165) is 72.0 Å². The molecule has 0 aliphatic rings. The minimum atomic E-state index is 0.916. The zero-order chi connectivity index (χ0) is 40.7. The van der Waals surface area contributed by atoms with Gasteiger partial charge < -0.3 is 0 Å². The van der Waals surface area contributed by atoms with Crippen molar-refractivity contribution in [1.82, 2.24) is 15.0 Å². The lowest BCUT2D eigenvalue weighted by Crippen LogP contribution is -1.93. The second kappa shape index (κ2) is 13.6. The number of hydrogen-bond acceptors (Lipinski definition) is 3. The Labute approximate surface area is 357 Å². The van der Waals surface area contributed by atoms with E-state index in [1.165, 1.54) is 59.4 Å². The first-order valence-corrected chi connectivity index (χ1v) is 21.2. The Bertz CT molecular complexity index is 3980. The van der Waals surface area contributed by atoms with E-state index < -0.39 is 0 Å². The van der Waals surface area contributed by atoms with Crippen molar-refractivity contribution in [3.63, 3.8) is 0 Å². The summed E-state index contributed by atoms with van der Waals surface area (Å²) >= 11 is 0. The van der Waals surface area contributed by atoms with E-state index in [0.29, 0.717) is 0 Å². The molecule has 3 nitrogen and oxygen atoms in total. The van der Waals surface area contributed by atoms with Crippen molar-refractivity contribution in [2.45, 2.75) is 0 Å². The van der Waals surface area contributed by atoms with Crippen molar-refractivity contribution in [3.05, 3.63) is 212 Å². The summed E-state index contributed by atoms with van der Waals surface area (Å²) in [5.41, 5.74) is 11.4. The van der Waals surface area contributed by atoms with E-state index >= 15 is 0 Å². The highest BCUT2D eigenvalue weighted by atomic mass is 14.8. The van der Waals surface area contributed by atoms with Gasteiger partial charge in [-0.25, -0.2) is 15.0 Å². The summed E-state index contributed by atoms with van der Waals surface area (Å²) in [5, 5.41) is 15.5. The zero-order valence-electron chi connectivity index (χ0n) is 33.5. The van der Waals surface area contributed by atoms with Crippen LogP contribution in [0.5, 0.6) is 0 Å². The number of hydrogen-bond donors (Lipinski definition) is 0. The molecule has 3 heteroatoms. The minimum absolute atomic E-state index is 0.916. The zero-order valence-corrected chi connectivity index (χ0v) is 33.5. The lowest BCUT2D eigenvalue weighted by Gasteiger charge is -2.15. The van der Waals surface area contributed by atoms with Gasteiger partial charge in [-0.15, -0.1) is 0 Å². The molecule has 3 aromatic heterocycles. The fourth-order valence-electron chi connectivity index (χ4n) is 9.77. The number of rotatable bonds is 4. The first kappa shape index (κ1) is 34.6. The SMILES string of the molecule is c1ccc(-c2ccc3ccc4ccc(-c5ccc6c(ccc7cc(-c8cccc(-c9nc%10c%11ccccc%11c%11ccccc%11c%10c%10ccccc9%10)c8)ccc76)c5)nc4c3n2)cc1. The second-order valence-electron chi connectivity index (χ2n) is 16.3. The van der Waals surface area contributed by atoms with Gasteiger partial charge in [0, 0.05) is 43.6 Å². The molecule has 10 aromatic carbocycles. The number of benzene rings is 10. The molecule has 0 spiro atoms. The van der Waals surface area contributed by atoms with Crippen LogP contribution in [0.4, 0.5) is 0 Å². The molecule has 62 heavy (non-hydrogen) atoms. The molecule has 0 aliphatic carbocycles. The minimum Gasteiger partial charge on any atom is -0.246 e. The smallest absolute Gasteiger partial charge is 0.0972 e. The predicted octanol–water partition coefficient (Wildman–Crippen LogP) is 15.8. The normalized spacial score (nSPS) is 11.9. The maximum Gasteiger partial charge on any atom is 0.0972 e. The van der Waals surface area contributed by atoms with E-state index in [9.17, 15) is 0 Å². The van der Waals surface area contributed by atoms with Crippen LogP contribution in [0.2, 0.25) is 0 Å². The fourth-order valence-corrected chi connectivity index (χ4v) is 9.77. The predicted molar refractivity (Wildman–Crippen MR) is 262 cm³/mol. The molecule has 0 saturated heterocycles. The number of nitrogens with zero attached hydrogens (tertiary/aromatic N) is 3. The lowest BCUT2D eigenvalue weighted by molar-refractivity contribution is 1.37. The van der Waals surface area contributed by atoms with Gasteiger partial charge in [0.05, 0.1) is 33.6 Å². The van der Waals surface area contributed by atoms with E-state index in [1.54, 1.807) is 0 Å². The molecular formula is C59H35N3. The Balaban J connectivity index is 0.887. The Morgan fingerprint density at radius 1 is 0.226 bits per heavy atom. The van der Waals surface area contributed by atoms with E-state index in [2.05, 4.69) is 206 Å². The molecular weight excluding hydrogens is 751 g/mol. The average Bonchev–Trinajstić information content (AvgIpc) is 3.35. The van der Waals surface area contributed by atoms with Crippen molar-refractivity contribution in [2.24, 2.45) is 0 Å². The highest BCUT2D eigenvalue weighted by molar-refractivity contribution is 6.31. The summed E-state index contributed by atoms with van der Waals surface area (Å²) in [6.45, 7) is 0. The molecule has 0 fully saturated rings. The van der Waals surface area contributed by atoms with Crippen LogP contribution in [0, 0.1) is 0 Å². The van der Waals surface area contributed by atoms with E-state index in [-0.39, 0.29) is 0 Å². The van der Waals surface area contributed by atoms with E-state index in [4.69, 9.17) is 15.0 Å². The van der Waals surface area contributed by atoms with Crippen LogP contribution in [0.15, 0.2) is 212 Å². The van der Waals surface area contributed by atoms with Gasteiger partial charge in [0.15, 0.2) is 0 Å². The molecule has 286 valence electrons. The average molecular weight is 786 g/mol. The van der Waals surface area contributed by atoms with Crippen LogP contribution in [0.1, 0.15) is 0 Å². The molecule has 0 saturated carbocycles. The molecule has 0 N–H and O–H groups in total. The lowest BCUT2D eigenvalue weighted by atomic mass is 9.91. The molecule has 0 bridgehead atoms. The number of pyridine rings is 3. The van der Waals surface area contributed by atoms with Gasteiger partial charge in [-0.2, -0.15) is 0 Å². The largest absolute Gasteiger partial charge is 0.246 e. The van der Waals surface area contributed by atoms with Gasteiger partial charge in [0.2, 0.25) is 0 Å². The molecule has 0 aliphatic heterocycles. The first-order chi connectivity index (χ1) is 30.7.